The molecule has 98 valence electrons. The molecule has 0 heterocycles. The van der Waals surface area contributed by atoms with Gasteiger partial charge in [-0.1, -0.05) is 39.8 Å². The fourth-order valence-corrected chi connectivity index (χ4v) is 2.15. The Hall–Kier alpha value is -1.31. The third-order valence-electron chi connectivity index (χ3n) is 3.92. The van der Waals surface area contributed by atoms with E-state index < -0.39 is 0 Å². The average Bonchev–Trinajstić information content (AvgIpc) is 3.08. The zero-order chi connectivity index (χ0) is 13.4. The van der Waals surface area contributed by atoms with Crippen molar-refractivity contribution in [2.75, 3.05) is 0 Å². The molecule has 1 fully saturated rings. The maximum atomic E-state index is 12.1. The van der Waals surface area contributed by atoms with Crippen LogP contribution < -0.4 is 5.32 Å². The van der Waals surface area contributed by atoms with Gasteiger partial charge in [-0.2, -0.15) is 0 Å². The van der Waals surface area contributed by atoms with E-state index in [1.165, 1.54) is 5.56 Å². The molecule has 18 heavy (non-hydrogen) atoms. The number of benzene rings is 1. The van der Waals surface area contributed by atoms with Crippen LogP contribution in [0.3, 0.4) is 0 Å². The first-order valence-corrected chi connectivity index (χ1v) is 6.79. The second-order valence-electron chi connectivity index (χ2n) is 6.42. The van der Waals surface area contributed by atoms with Crippen molar-refractivity contribution in [3.05, 3.63) is 35.4 Å². The highest BCUT2D eigenvalue weighted by Gasteiger charge is 2.42. The zero-order valence-corrected chi connectivity index (χ0v) is 11.8. The van der Waals surface area contributed by atoms with Crippen molar-refractivity contribution >= 4 is 5.91 Å². The van der Waals surface area contributed by atoms with Gasteiger partial charge in [0, 0.05) is 11.1 Å². The molecule has 1 aromatic rings. The Kier molecular flexibility index (Phi) is 3.22. The number of carbonyl (C=O) groups is 1. The van der Waals surface area contributed by atoms with Crippen molar-refractivity contribution in [1.29, 1.82) is 0 Å². The topological polar surface area (TPSA) is 29.1 Å². The van der Waals surface area contributed by atoms with Gasteiger partial charge in [0.25, 0.3) is 5.91 Å². The highest BCUT2D eigenvalue weighted by atomic mass is 16.1. The molecule has 0 aromatic heterocycles. The van der Waals surface area contributed by atoms with E-state index >= 15 is 0 Å². The number of rotatable bonds is 3. The molecule has 1 N–H and O–H groups in total. The molecule has 0 aliphatic heterocycles. The minimum Gasteiger partial charge on any atom is -0.347 e. The third-order valence-corrected chi connectivity index (χ3v) is 3.92. The van der Waals surface area contributed by atoms with Crippen molar-refractivity contribution in [1.82, 2.24) is 5.32 Å². The Morgan fingerprint density at radius 1 is 1.22 bits per heavy atom. The van der Waals surface area contributed by atoms with E-state index in [1.54, 1.807) is 0 Å². The number of amides is 1. The predicted molar refractivity (Wildman–Crippen MR) is 74.9 cm³/mol. The van der Waals surface area contributed by atoms with E-state index in [1.807, 2.05) is 12.1 Å². The van der Waals surface area contributed by atoms with Crippen LogP contribution in [-0.4, -0.2) is 11.4 Å². The van der Waals surface area contributed by atoms with E-state index in [4.69, 9.17) is 0 Å². The summed E-state index contributed by atoms with van der Waals surface area (Å²) in [4.78, 5) is 12.1. The molecule has 1 aliphatic carbocycles. The van der Waals surface area contributed by atoms with Crippen LogP contribution in [0.4, 0.5) is 0 Å². The van der Waals surface area contributed by atoms with Gasteiger partial charge in [-0.15, -0.1) is 0 Å². The quantitative estimate of drug-likeness (QED) is 0.865. The van der Waals surface area contributed by atoms with Gasteiger partial charge in [0.2, 0.25) is 0 Å². The fraction of sp³-hybridized carbons (Fsp3) is 0.562. The minimum atomic E-state index is 0.0646. The van der Waals surface area contributed by atoms with Crippen LogP contribution >= 0.6 is 0 Å². The van der Waals surface area contributed by atoms with Crippen LogP contribution in [0, 0.1) is 0 Å². The lowest BCUT2D eigenvalue weighted by atomic mass is 9.86. The molecular weight excluding hydrogens is 222 g/mol. The maximum absolute atomic E-state index is 12.1. The van der Waals surface area contributed by atoms with E-state index in [2.05, 4.69) is 45.1 Å². The van der Waals surface area contributed by atoms with Gasteiger partial charge in [-0.3, -0.25) is 4.79 Å². The monoisotopic (exact) mass is 245 g/mol. The molecule has 1 aromatic carbocycles. The maximum Gasteiger partial charge on any atom is 0.251 e. The first-order chi connectivity index (χ1) is 8.36. The van der Waals surface area contributed by atoms with Crippen LogP contribution in [0.25, 0.3) is 0 Å². The van der Waals surface area contributed by atoms with Gasteiger partial charge in [-0.25, -0.2) is 0 Å². The van der Waals surface area contributed by atoms with Crippen LogP contribution in [0.5, 0.6) is 0 Å². The Balaban J connectivity index is 2.08. The zero-order valence-electron chi connectivity index (χ0n) is 11.8. The van der Waals surface area contributed by atoms with E-state index in [0.29, 0.717) is 0 Å². The van der Waals surface area contributed by atoms with Crippen LogP contribution in [0.2, 0.25) is 0 Å². The molecule has 0 spiro atoms. The predicted octanol–water partition coefficient (Wildman–Crippen LogP) is 3.66. The molecule has 0 atom stereocenters. The smallest absolute Gasteiger partial charge is 0.251 e. The lowest BCUT2D eigenvalue weighted by Gasteiger charge is -2.19. The van der Waals surface area contributed by atoms with E-state index in [0.717, 1.165) is 24.8 Å². The first kappa shape index (κ1) is 13.1. The summed E-state index contributed by atoms with van der Waals surface area (Å²) in [6, 6.07) is 7.98. The third kappa shape index (κ3) is 2.74. The molecule has 2 rings (SSSR count). The molecule has 2 nitrogen and oxygen atoms in total. The van der Waals surface area contributed by atoms with Crippen molar-refractivity contribution < 1.29 is 4.79 Å². The number of hydrogen-bond acceptors (Lipinski definition) is 1. The summed E-state index contributed by atoms with van der Waals surface area (Å²) in [5, 5.41) is 3.15. The summed E-state index contributed by atoms with van der Waals surface area (Å²) in [7, 11) is 0. The summed E-state index contributed by atoms with van der Waals surface area (Å²) >= 11 is 0. The fourth-order valence-electron chi connectivity index (χ4n) is 2.15. The number of carbonyl (C=O) groups excluding carboxylic acids is 1. The highest BCUT2D eigenvalue weighted by molar-refractivity contribution is 5.95. The summed E-state index contributed by atoms with van der Waals surface area (Å²) in [6.45, 7) is 8.67. The van der Waals surface area contributed by atoms with Crippen LogP contribution in [-0.2, 0) is 5.41 Å². The largest absolute Gasteiger partial charge is 0.347 e. The molecular formula is C16H23NO. The summed E-state index contributed by atoms with van der Waals surface area (Å²) < 4.78 is 0. The molecule has 1 amide bonds. The summed E-state index contributed by atoms with van der Waals surface area (Å²) in [6.07, 6.45) is 3.27. The Bertz CT molecular complexity index is 435. The minimum absolute atomic E-state index is 0.0646. The Morgan fingerprint density at radius 3 is 2.17 bits per heavy atom. The van der Waals surface area contributed by atoms with Gasteiger partial charge >= 0.3 is 0 Å². The van der Waals surface area contributed by atoms with Crippen molar-refractivity contribution in [2.45, 2.75) is 57.9 Å². The van der Waals surface area contributed by atoms with Gasteiger partial charge in [0.05, 0.1) is 0 Å². The van der Waals surface area contributed by atoms with Gasteiger partial charge in [0.15, 0.2) is 0 Å². The molecule has 0 saturated heterocycles. The lowest BCUT2D eigenvalue weighted by molar-refractivity contribution is 0.0930. The van der Waals surface area contributed by atoms with E-state index in [-0.39, 0.29) is 16.9 Å². The molecule has 1 saturated carbocycles. The van der Waals surface area contributed by atoms with Crippen molar-refractivity contribution in [3.63, 3.8) is 0 Å². The second-order valence-corrected chi connectivity index (χ2v) is 6.42. The second kappa shape index (κ2) is 4.42. The number of hydrogen-bond donors (Lipinski definition) is 1. The van der Waals surface area contributed by atoms with E-state index in [9.17, 15) is 4.79 Å². The van der Waals surface area contributed by atoms with Crippen LogP contribution in [0.1, 0.15) is 62.9 Å². The van der Waals surface area contributed by atoms with Gasteiger partial charge in [-0.05, 0) is 42.4 Å². The van der Waals surface area contributed by atoms with Gasteiger partial charge < -0.3 is 5.32 Å². The van der Waals surface area contributed by atoms with Crippen molar-refractivity contribution in [2.24, 2.45) is 0 Å². The Morgan fingerprint density at radius 2 is 1.78 bits per heavy atom. The first-order valence-electron chi connectivity index (χ1n) is 6.79. The Labute approximate surface area is 110 Å². The van der Waals surface area contributed by atoms with Crippen molar-refractivity contribution in [3.8, 4) is 0 Å². The standard InChI is InChI=1S/C16H23NO/c1-5-16(10-11-16)17-14(18)12-6-8-13(9-7-12)15(2,3)4/h6-9H,5,10-11H2,1-4H3,(H,17,18). The highest BCUT2D eigenvalue weighted by Crippen LogP contribution is 2.38. The molecule has 0 unspecified atom stereocenters. The molecule has 2 heteroatoms. The van der Waals surface area contributed by atoms with Gasteiger partial charge in [0.1, 0.15) is 0 Å². The summed E-state index contributed by atoms with van der Waals surface area (Å²) in [5.74, 6) is 0.0646. The SMILES string of the molecule is CCC1(NC(=O)c2ccc(C(C)(C)C)cc2)CC1. The molecule has 0 bridgehead atoms. The normalized spacial score (nSPS) is 17.3. The summed E-state index contributed by atoms with van der Waals surface area (Å²) in [5.41, 5.74) is 2.26. The lowest BCUT2D eigenvalue weighted by Crippen LogP contribution is -2.36. The van der Waals surface area contributed by atoms with Crippen LogP contribution in [0.15, 0.2) is 24.3 Å². The molecule has 0 radical (unpaired) electrons. The molecule has 1 aliphatic rings. The number of nitrogens with one attached hydrogen (secondary N) is 1. The average molecular weight is 245 g/mol.